The Hall–Kier alpha value is -2.18. The predicted octanol–water partition coefficient (Wildman–Crippen LogP) is 4.91. The standard InChI is InChI=1S/C17H16N2O2S2/c1-11(2)21-13-7-5-12(6-8-13)19-16(20)15-10-18-17(23-15)14-4-3-9-22-14/h3-11H,1-2H3,(H,19,20). The number of benzene rings is 1. The van der Waals surface area contributed by atoms with Crippen LogP contribution in [0, 0.1) is 0 Å². The van der Waals surface area contributed by atoms with E-state index in [9.17, 15) is 4.79 Å². The van der Waals surface area contributed by atoms with Gasteiger partial charge in [-0.05, 0) is 49.6 Å². The molecule has 0 aliphatic rings. The molecule has 0 unspecified atom stereocenters. The minimum Gasteiger partial charge on any atom is -0.491 e. The Bertz CT molecular complexity index is 777. The van der Waals surface area contributed by atoms with E-state index in [0.717, 1.165) is 21.3 Å². The Morgan fingerprint density at radius 2 is 2.00 bits per heavy atom. The van der Waals surface area contributed by atoms with Crippen molar-refractivity contribution in [2.75, 3.05) is 5.32 Å². The van der Waals surface area contributed by atoms with Crippen molar-refractivity contribution < 1.29 is 9.53 Å². The quantitative estimate of drug-likeness (QED) is 0.715. The predicted molar refractivity (Wildman–Crippen MR) is 95.6 cm³/mol. The maximum Gasteiger partial charge on any atom is 0.267 e. The molecule has 0 bridgehead atoms. The van der Waals surface area contributed by atoms with Gasteiger partial charge in [0.05, 0.1) is 17.2 Å². The third kappa shape index (κ3) is 3.97. The van der Waals surface area contributed by atoms with Gasteiger partial charge in [0, 0.05) is 5.69 Å². The number of hydrogen-bond donors (Lipinski definition) is 1. The minimum absolute atomic E-state index is 0.128. The average Bonchev–Trinajstić information content (AvgIpc) is 3.19. The van der Waals surface area contributed by atoms with Gasteiger partial charge in [-0.3, -0.25) is 4.79 Å². The number of ether oxygens (including phenoxy) is 1. The van der Waals surface area contributed by atoms with Crippen molar-refractivity contribution in [3.05, 3.63) is 52.9 Å². The van der Waals surface area contributed by atoms with Crippen molar-refractivity contribution in [3.63, 3.8) is 0 Å². The number of carbonyl (C=O) groups is 1. The monoisotopic (exact) mass is 344 g/mol. The molecule has 0 atom stereocenters. The van der Waals surface area contributed by atoms with Gasteiger partial charge in [0.2, 0.25) is 0 Å². The number of nitrogens with one attached hydrogen (secondary N) is 1. The molecule has 0 aliphatic carbocycles. The van der Waals surface area contributed by atoms with Crippen molar-refractivity contribution in [3.8, 4) is 15.6 Å². The number of anilines is 1. The van der Waals surface area contributed by atoms with E-state index < -0.39 is 0 Å². The lowest BCUT2D eigenvalue weighted by molar-refractivity contribution is 0.103. The first-order chi connectivity index (χ1) is 11.1. The summed E-state index contributed by atoms with van der Waals surface area (Å²) in [6, 6.07) is 11.3. The van der Waals surface area contributed by atoms with E-state index in [0.29, 0.717) is 4.88 Å². The summed E-state index contributed by atoms with van der Waals surface area (Å²) in [6.07, 6.45) is 1.74. The third-order valence-electron chi connectivity index (χ3n) is 2.95. The molecule has 0 saturated heterocycles. The molecule has 2 aromatic heterocycles. The molecule has 118 valence electrons. The maximum atomic E-state index is 12.3. The van der Waals surface area contributed by atoms with Crippen LogP contribution in [0.3, 0.4) is 0 Å². The Kier molecular flexibility index (Phi) is 4.73. The second-order valence-electron chi connectivity index (χ2n) is 5.15. The van der Waals surface area contributed by atoms with Crippen molar-refractivity contribution in [1.29, 1.82) is 0 Å². The molecule has 1 amide bonds. The van der Waals surface area contributed by atoms with Gasteiger partial charge in [-0.1, -0.05) is 6.07 Å². The molecule has 0 radical (unpaired) electrons. The van der Waals surface area contributed by atoms with Crippen LogP contribution in [0.5, 0.6) is 5.75 Å². The van der Waals surface area contributed by atoms with Gasteiger partial charge in [0.25, 0.3) is 5.91 Å². The van der Waals surface area contributed by atoms with E-state index in [4.69, 9.17) is 4.74 Å². The van der Waals surface area contributed by atoms with Gasteiger partial charge in [0.15, 0.2) is 0 Å². The number of hydrogen-bond acceptors (Lipinski definition) is 5. The zero-order valence-corrected chi connectivity index (χ0v) is 14.4. The molecule has 3 aromatic rings. The number of thiophene rings is 1. The molecular formula is C17H16N2O2S2. The molecule has 0 saturated carbocycles. The molecule has 0 fully saturated rings. The summed E-state index contributed by atoms with van der Waals surface area (Å²) in [4.78, 5) is 18.3. The van der Waals surface area contributed by atoms with E-state index in [1.807, 2.05) is 55.6 Å². The van der Waals surface area contributed by atoms with E-state index >= 15 is 0 Å². The Labute approximate surface area is 142 Å². The first-order valence-corrected chi connectivity index (χ1v) is 8.89. The Morgan fingerprint density at radius 3 is 2.65 bits per heavy atom. The lowest BCUT2D eigenvalue weighted by atomic mass is 10.3. The fourth-order valence-corrected chi connectivity index (χ4v) is 3.59. The van der Waals surface area contributed by atoms with Crippen LogP contribution in [-0.2, 0) is 0 Å². The van der Waals surface area contributed by atoms with Crippen LogP contribution >= 0.6 is 22.7 Å². The van der Waals surface area contributed by atoms with Gasteiger partial charge >= 0.3 is 0 Å². The lowest BCUT2D eigenvalue weighted by Crippen LogP contribution is -2.10. The van der Waals surface area contributed by atoms with Crippen LogP contribution in [0.4, 0.5) is 5.69 Å². The van der Waals surface area contributed by atoms with Crippen molar-refractivity contribution in [2.45, 2.75) is 20.0 Å². The number of carbonyl (C=O) groups excluding carboxylic acids is 1. The highest BCUT2D eigenvalue weighted by Gasteiger charge is 2.12. The van der Waals surface area contributed by atoms with Crippen molar-refractivity contribution >= 4 is 34.3 Å². The van der Waals surface area contributed by atoms with Crippen molar-refractivity contribution in [2.24, 2.45) is 0 Å². The molecule has 6 heteroatoms. The summed E-state index contributed by atoms with van der Waals surface area (Å²) in [6.45, 7) is 3.95. The Morgan fingerprint density at radius 1 is 1.22 bits per heavy atom. The summed E-state index contributed by atoms with van der Waals surface area (Å²) in [7, 11) is 0. The van der Waals surface area contributed by atoms with Crippen LogP contribution < -0.4 is 10.1 Å². The van der Waals surface area contributed by atoms with Gasteiger partial charge in [-0.2, -0.15) is 0 Å². The maximum absolute atomic E-state index is 12.3. The van der Waals surface area contributed by atoms with E-state index in [2.05, 4.69) is 10.3 Å². The second-order valence-corrected chi connectivity index (χ2v) is 7.13. The first kappa shape index (κ1) is 15.7. The van der Waals surface area contributed by atoms with Crippen molar-refractivity contribution in [1.82, 2.24) is 4.98 Å². The summed E-state index contributed by atoms with van der Waals surface area (Å²) >= 11 is 3.01. The summed E-state index contributed by atoms with van der Waals surface area (Å²) in [5.74, 6) is 0.638. The van der Waals surface area contributed by atoms with Gasteiger partial charge in [-0.25, -0.2) is 4.98 Å². The lowest BCUT2D eigenvalue weighted by Gasteiger charge is -2.10. The molecular weight excluding hydrogens is 328 g/mol. The SMILES string of the molecule is CC(C)Oc1ccc(NC(=O)c2cnc(-c3cccs3)s2)cc1. The normalized spacial score (nSPS) is 10.7. The summed E-state index contributed by atoms with van der Waals surface area (Å²) in [5, 5.41) is 5.74. The first-order valence-electron chi connectivity index (χ1n) is 7.19. The second kappa shape index (κ2) is 6.93. The van der Waals surface area contributed by atoms with Crippen LogP contribution in [0.25, 0.3) is 9.88 Å². The molecule has 23 heavy (non-hydrogen) atoms. The summed E-state index contributed by atoms with van der Waals surface area (Å²) in [5.41, 5.74) is 0.733. The molecule has 0 spiro atoms. The number of rotatable bonds is 5. The fourth-order valence-electron chi connectivity index (χ4n) is 1.97. The van der Waals surface area contributed by atoms with Crippen LogP contribution in [0.2, 0.25) is 0 Å². The van der Waals surface area contributed by atoms with Gasteiger partial charge < -0.3 is 10.1 Å². The topological polar surface area (TPSA) is 51.2 Å². The third-order valence-corrected chi connectivity index (χ3v) is 4.98. The fraction of sp³-hybridized carbons (Fsp3) is 0.176. The highest BCUT2D eigenvalue weighted by atomic mass is 32.1. The van der Waals surface area contributed by atoms with Crippen LogP contribution in [0.15, 0.2) is 48.0 Å². The number of nitrogens with zero attached hydrogens (tertiary/aromatic N) is 1. The Balaban J connectivity index is 1.67. The van der Waals surface area contributed by atoms with E-state index in [-0.39, 0.29) is 12.0 Å². The van der Waals surface area contributed by atoms with E-state index in [1.165, 1.54) is 11.3 Å². The zero-order valence-electron chi connectivity index (χ0n) is 12.8. The minimum atomic E-state index is -0.150. The molecule has 3 rings (SSSR count). The molecule has 0 aliphatic heterocycles. The molecule has 4 nitrogen and oxygen atoms in total. The van der Waals surface area contributed by atoms with Crippen LogP contribution in [-0.4, -0.2) is 17.0 Å². The molecule has 1 N–H and O–H groups in total. The smallest absolute Gasteiger partial charge is 0.267 e. The van der Waals surface area contributed by atoms with Gasteiger partial charge in [0.1, 0.15) is 15.6 Å². The largest absolute Gasteiger partial charge is 0.491 e. The number of aromatic nitrogens is 1. The molecule has 1 aromatic carbocycles. The number of thiazole rings is 1. The van der Waals surface area contributed by atoms with Crippen LogP contribution in [0.1, 0.15) is 23.5 Å². The van der Waals surface area contributed by atoms with E-state index in [1.54, 1.807) is 17.5 Å². The highest BCUT2D eigenvalue weighted by Crippen LogP contribution is 2.29. The zero-order chi connectivity index (χ0) is 16.2. The van der Waals surface area contributed by atoms with Gasteiger partial charge in [-0.15, -0.1) is 22.7 Å². The average molecular weight is 344 g/mol. The number of amides is 1. The highest BCUT2D eigenvalue weighted by molar-refractivity contribution is 7.22. The molecule has 2 heterocycles. The summed E-state index contributed by atoms with van der Waals surface area (Å²) < 4.78 is 5.58.